The standard InChI is InChI=1S/C23H28N2O5/c1-16-4-9-21(14-17(16)2)29-15-22(26)30-18(3)23(27)24-19-5-7-20(8-6-19)25-10-12-28-13-11-25/h4-9,14,18H,10-13,15H2,1-3H3,(H,24,27)/t18-/m1/s1. The van der Waals surface area contributed by atoms with E-state index >= 15 is 0 Å². The Bertz CT molecular complexity index is 876. The summed E-state index contributed by atoms with van der Waals surface area (Å²) >= 11 is 0. The zero-order valence-electron chi connectivity index (χ0n) is 17.6. The van der Waals surface area contributed by atoms with Crippen LogP contribution in [0.15, 0.2) is 42.5 Å². The van der Waals surface area contributed by atoms with Crippen molar-refractivity contribution in [2.45, 2.75) is 26.9 Å². The van der Waals surface area contributed by atoms with Gasteiger partial charge in [-0.1, -0.05) is 6.07 Å². The van der Waals surface area contributed by atoms with E-state index in [-0.39, 0.29) is 6.61 Å². The van der Waals surface area contributed by atoms with Crippen LogP contribution in [0.1, 0.15) is 18.1 Å². The van der Waals surface area contributed by atoms with Gasteiger partial charge in [0.15, 0.2) is 12.7 Å². The predicted molar refractivity (Wildman–Crippen MR) is 115 cm³/mol. The molecule has 0 radical (unpaired) electrons. The summed E-state index contributed by atoms with van der Waals surface area (Å²) in [7, 11) is 0. The number of nitrogens with one attached hydrogen (secondary N) is 1. The Balaban J connectivity index is 1.45. The van der Waals surface area contributed by atoms with Crippen molar-refractivity contribution in [1.29, 1.82) is 0 Å². The van der Waals surface area contributed by atoms with Crippen molar-refractivity contribution in [1.82, 2.24) is 0 Å². The van der Waals surface area contributed by atoms with Gasteiger partial charge in [-0.15, -0.1) is 0 Å². The zero-order valence-corrected chi connectivity index (χ0v) is 17.6. The van der Waals surface area contributed by atoms with Crippen LogP contribution in [0.25, 0.3) is 0 Å². The molecule has 1 heterocycles. The fourth-order valence-electron chi connectivity index (χ4n) is 3.05. The Kier molecular flexibility index (Phi) is 7.30. The molecular weight excluding hydrogens is 384 g/mol. The fraction of sp³-hybridized carbons (Fsp3) is 0.391. The topological polar surface area (TPSA) is 77.1 Å². The quantitative estimate of drug-likeness (QED) is 0.705. The van der Waals surface area contributed by atoms with Crippen LogP contribution in [-0.2, 0) is 19.1 Å². The van der Waals surface area contributed by atoms with E-state index in [0.717, 1.165) is 29.9 Å². The molecule has 30 heavy (non-hydrogen) atoms. The molecule has 1 atom stereocenters. The number of rotatable bonds is 7. The minimum Gasteiger partial charge on any atom is -0.482 e. The van der Waals surface area contributed by atoms with Gasteiger partial charge in [-0.2, -0.15) is 0 Å². The Morgan fingerprint density at radius 1 is 1.07 bits per heavy atom. The molecule has 7 nitrogen and oxygen atoms in total. The van der Waals surface area contributed by atoms with Crippen LogP contribution in [0.3, 0.4) is 0 Å². The largest absolute Gasteiger partial charge is 0.482 e. The molecule has 0 bridgehead atoms. The smallest absolute Gasteiger partial charge is 0.344 e. The molecule has 1 aliphatic rings. The SMILES string of the molecule is Cc1ccc(OCC(=O)O[C@H](C)C(=O)Nc2ccc(N3CCOCC3)cc2)cc1C. The van der Waals surface area contributed by atoms with E-state index < -0.39 is 18.0 Å². The number of aryl methyl sites for hydroxylation is 2. The second-order valence-electron chi connectivity index (χ2n) is 7.30. The van der Waals surface area contributed by atoms with Gasteiger partial charge in [0, 0.05) is 24.5 Å². The van der Waals surface area contributed by atoms with Gasteiger partial charge in [-0.25, -0.2) is 4.79 Å². The maximum atomic E-state index is 12.3. The van der Waals surface area contributed by atoms with Crippen LogP contribution in [0.2, 0.25) is 0 Å². The highest BCUT2D eigenvalue weighted by atomic mass is 16.6. The first-order chi connectivity index (χ1) is 14.4. The van der Waals surface area contributed by atoms with Gasteiger partial charge in [0.1, 0.15) is 5.75 Å². The van der Waals surface area contributed by atoms with Crippen LogP contribution in [0, 0.1) is 13.8 Å². The maximum absolute atomic E-state index is 12.3. The summed E-state index contributed by atoms with van der Waals surface area (Å²) in [5.74, 6) is -0.403. The van der Waals surface area contributed by atoms with E-state index in [2.05, 4.69) is 10.2 Å². The molecule has 1 aliphatic heterocycles. The molecule has 1 amide bonds. The molecule has 0 unspecified atom stereocenters. The molecule has 7 heteroatoms. The Morgan fingerprint density at radius 3 is 2.43 bits per heavy atom. The van der Waals surface area contributed by atoms with Crippen LogP contribution >= 0.6 is 0 Å². The van der Waals surface area contributed by atoms with Gasteiger partial charge in [0.05, 0.1) is 13.2 Å². The lowest BCUT2D eigenvalue weighted by Crippen LogP contribution is -2.36. The lowest BCUT2D eigenvalue weighted by Gasteiger charge is -2.28. The van der Waals surface area contributed by atoms with E-state index in [1.54, 1.807) is 6.07 Å². The van der Waals surface area contributed by atoms with E-state index in [1.165, 1.54) is 6.92 Å². The Morgan fingerprint density at radius 2 is 1.77 bits per heavy atom. The molecule has 160 valence electrons. The van der Waals surface area contributed by atoms with Crippen LogP contribution < -0.4 is 15.0 Å². The fourth-order valence-corrected chi connectivity index (χ4v) is 3.05. The summed E-state index contributed by atoms with van der Waals surface area (Å²) in [6, 6.07) is 13.2. The van der Waals surface area contributed by atoms with Crippen molar-refractivity contribution in [3.63, 3.8) is 0 Å². The highest BCUT2D eigenvalue weighted by Gasteiger charge is 2.19. The molecule has 3 rings (SSSR count). The van der Waals surface area contributed by atoms with Gasteiger partial charge in [-0.3, -0.25) is 4.79 Å². The van der Waals surface area contributed by atoms with E-state index in [0.29, 0.717) is 24.7 Å². The summed E-state index contributed by atoms with van der Waals surface area (Å²) in [4.78, 5) is 26.6. The zero-order chi connectivity index (χ0) is 21.5. The Labute approximate surface area is 176 Å². The predicted octanol–water partition coefficient (Wildman–Crippen LogP) is 3.09. The number of carbonyl (C=O) groups is 2. The third-order valence-electron chi connectivity index (χ3n) is 5.02. The monoisotopic (exact) mass is 412 g/mol. The van der Waals surface area contributed by atoms with Crippen molar-refractivity contribution in [3.8, 4) is 5.75 Å². The molecule has 2 aromatic carbocycles. The average molecular weight is 412 g/mol. The molecule has 1 saturated heterocycles. The number of ether oxygens (including phenoxy) is 3. The van der Waals surface area contributed by atoms with E-state index in [1.807, 2.05) is 50.2 Å². The first-order valence-electron chi connectivity index (χ1n) is 10.1. The van der Waals surface area contributed by atoms with Crippen molar-refractivity contribution in [3.05, 3.63) is 53.6 Å². The van der Waals surface area contributed by atoms with Crippen molar-refractivity contribution >= 4 is 23.3 Å². The summed E-state index contributed by atoms with van der Waals surface area (Å²) in [6.07, 6.45) is -0.931. The van der Waals surface area contributed by atoms with Gasteiger partial charge in [-0.05, 0) is 68.3 Å². The second-order valence-corrected chi connectivity index (χ2v) is 7.30. The third-order valence-corrected chi connectivity index (χ3v) is 5.02. The van der Waals surface area contributed by atoms with Crippen LogP contribution in [0.4, 0.5) is 11.4 Å². The Hall–Kier alpha value is -3.06. The van der Waals surface area contributed by atoms with Crippen LogP contribution in [0.5, 0.6) is 5.75 Å². The molecule has 0 aromatic heterocycles. The summed E-state index contributed by atoms with van der Waals surface area (Å²) in [5, 5.41) is 2.76. The summed E-state index contributed by atoms with van der Waals surface area (Å²) in [5.41, 5.74) is 3.95. The van der Waals surface area contributed by atoms with E-state index in [9.17, 15) is 9.59 Å². The highest BCUT2D eigenvalue weighted by Crippen LogP contribution is 2.19. The number of esters is 1. The lowest BCUT2D eigenvalue weighted by molar-refractivity contribution is -0.155. The van der Waals surface area contributed by atoms with Gasteiger partial charge in [0.25, 0.3) is 5.91 Å². The number of benzene rings is 2. The normalized spacial score (nSPS) is 14.7. The lowest BCUT2D eigenvalue weighted by atomic mass is 10.1. The third kappa shape index (κ3) is 5.97. The number of carbonyl (C=O) groups excluding carboxylic acids is 2. The molecule has 1 N–H and O–H groups in total. The van der Waals surface area contributed by atoms with Crippen molar-refractivity contribution < 1.29 is 23.8 Å². The number of amides is 1. The van der Waals surface area contributed by atoms with Crippen molar-refractivity contribution in [2.24, 2.45) is 0 Å². The molecule has 1 fully saturated rings. The van der Waals surface area contributed by atoms with Crippen molar-refractivity contribution in [2.75, 3.05) is 43.1 Å². The number of morpholine rings is 1. The number of hydrogen-bond donors (Lipinski definition) is 1. The van der Waals surface area contributed by atoms with Gasteiger partial charge < -0.3 is 24.4 Å². The second kappa shape index (κ2) is 10.1. The first-order valence-corrected chi connectivity index (χ1v) is 10.1. The number of anilines is 2. The first kappa shape index (κ1) is 21.6. The van der Waals surface area contributed by atoms with Gasteiger partial charge in [0.2, 0.25) is 0 Å². The molecule has 0 spiro atoms. The number of hydrogen-bond acceptors (Lipinski definition) is 6. The minimum absolute atomic E-state index is 0.256. The number of nitrogens with zero attached hydrogens (tertiary/aromatic N) is 1. The minimum atomic E-state index is -0.931. The maximum Gasteiger partial charge on any atom is 0.344 e. The molecule has 0 aliphatic carbocycles. The molecule has 2 aromatic rings. The summed E-state index contributed by atoms with van der Waals surface area (Å²) < 4.78 is 16.0. The van der Waals surface area contributed by atoms with Crippen LogP contribution in [-0.4, -0.2) is 50.9 Å². The highest BCUT2D eigenvalue weighted by molar-refractivity contribution is 5.95. The van der Waals surface area contributed by atoms with Gasteiger partial charge >= 0.3 is 5.97 Å². The molecular formula is C23H28N2O5. The average Bonchev–Trinajstić information content (AvgIpc) is 2.75. The van der Waals surface area contributed by atoms with E-state index in [4.69, 9.17) is 14.2 Å². The molecule has 0 saturated carbocycles. The summed E-state index contributed by atoms with van der Waals surface area (Å²) in [6.45, 7) is 8.39.